The van der Waals surface area contributed by atoms with E-state index in [1.165, 1.54) is 25.5 Å². The molecule has 0 bridgehead atoms. The molecule has 1 amide bonds. The first-order valence-corrected chi connectivity index (χ1v) is 6.31. The third-order valence-corrected chi connectivity index (χ3v) is 2.82. The second-order valence-electron chi connectivity index (χ2n) is 4.18. The van der Waals surface area contributed by atoms with Crippen LogP contribution in [0.4, 0.5) is 0 Å². The van der Waals surface area contributed by atoms with Gasteiger partial charge in [-0.3, -0.25) is 9.89 Å². The molecule has 0 fully saturated rings. The molecule has 2 aromatic rings. The summed E-state index contributed by atoms with van der Waals surface area (Å²) in [6.07, 6.45) is 1.27. The molecule has 8 heteroatoms. The molecule has 0 saturated heterocycles. The fourth-order valence-corrected chi connectivity index (χ4v) is 1.82. The third kappa shape index (κ3) is 3.51. The molecule has 0 aliphatic heterocycles. The van der Waals surface area contributed by atoms with Crippen LogP contribution in [0.1, 0.15) is 21.7 Å². The number of nitrogens with one attached hydrogen (secondary N) is 2. The van der Waals surface area contributed by atoms with Crippen LogP contribution in [-0.4, -0.2) is 34.5 Å². The zero-order valence-corrected chi connectivity index (χ0v) is 12.1. The first kappa shape index (κ1) is 14.9. The van der Waals surface area contributed by atoms with Crippen molar-refractivity contribution in [1.82, 2.24) is 15.6 Å². The Bertz CT molecular complexity index is 697. The minimum absolute atomic E-state index is 0.115. The van der Waals surface area contributed by atoms with Gasteiger partial charge < -0.3 is 9.84 Å². The van der Waals surface area contributed by atoms with Gasteiger partial charge in [-0.15, -0.1) is 0 Å². The number of hydrogen-bond donors (Lipinski definition) is 3. The van der Waals surface area contributed by atoms with Crippen molar-refractivity contribution in [3.63, 3.8) is 0 Å². The fraction of sp³-hybridized carbons (Fsp3) is 0.154. The van der Waals surface area contributed by atoms with Crippen LogP contribution < -0.4 is 10.2 Å². The Morgan fingerprint density at radius 3 is 2.90 bits per heavy atom. The first-order chi connectivity index (χ1) is 10.0. The van der Waals surface area contributed by atoms with Crippen molar-refractivity contribution in [1.29, 1.82) is 0 Å². The number of aryl methyl sites for hydroxylation is 1. The van der Waals surface area contributed by atoms with Crippen molar-refractivity contribution in [2.75, 3.05) is 7.11 Å². The highest BCUT2D eigenvalue weighted by Gasteiger charge is 2.10. The lowest BCUT2D eigenvalue weighted by molar-refractivity contribution is 0.0950. The van der Waals surface area contributed by atoms with Crippen LogP contribution in [0.3, 0.4) is 0 Å². The van der Waals surface area contributed by atoms with Crippen LogP contribution in [0.15, 0.2) is 23.3 Å². The molecule has 1 heterocycles. The summed E-state index contributed by atoms with van der Waals surface area (Å²) in [6.45, 7) is 1.78. The van der Waals surface area contributed by atoms with Crippen LogP contribution in [-0.2, 0) is 0 Å². The maximum Gasteiger partial charge on any atom is 0.291 e. The van der Waals surface area contributed by atoms with Crippen molar-refractivity contribution in [3.8, 4) is 11.5 Å². The molecule has 0 unspecified atom stereocenters. The summed E-state index contributed by atoms with van der Waals surface area (Å²) in [5.74, 6) is -0.363. The Labute approximate surface area is 125 Å². The van der Waals surface area contributed by atoms with E-state index in [1.807, 2.05) is 0 Å². The van der Waals surface area contributed by atoms with Gasteiger partial charge in [-0.2, -0.15) is 10.2 Å². The van der Waals surface area contributed by atoms with E-state index in [9.17, 15) is 9.90 Å². The molecule has 110 valence electrons. The Morgan fingerprint density at radius 1 is 1.52 bits per heavy atom. The normalized spacial score (nSPS) is 10.8. The Balaban J connectivity index is 2.11. The van der Waals surface area contributed by atoms with Crippen molar-refractivity contribution in [2.24, 2.45) is 5.10 Å². The number of amides is 1. The summed E-state index contributed by atoms with van der Waals surface area (Å²) >= 11 is 5.89. The van der Waals surface area contributed by atoms with E-state index in [0.29, 0.717) is 10.6 Å². The number of carbonyl (C=O) groups is 1. The standard InChI is InChI=1S/C13H13ClN4O3/c1-7-3-10(17-16-7)13(20)18-15-6-8-4-9(14)5-11(21-2)12(8)19/h3-6,19H,1-2H3,(H,16,17)(H,18,20)/b15-6+. The zero-order valence-electron chi connectivity index (χ0n) is 11.3. The Hall–Kier alpha value is -2.54. The van der Waals surface area contributed by atoms with Gasteiger partial charge >= 0.3 is 0 Å². The number of rotatable bonds is 4. The van der Waals surface area contributed by atoms with Gasteiger partial charge in [-0.25, -0.2) is 5.43 Å². The molecule has 3 N–H and O–H groups in total. The molecular formula is C13H13ClN4O3. The van der Waals surface area contributed by atoms with Crippen LogP contribution in [0.2, 0.25) is 5.02 Å². The minimum Gasteiger partial charge on any atom is -0.504 e. The monoisotopic (exact) mass is 308 g/mol. The second kappa shape index (κ2) is 6.27. The quantitative estimate of drug-likeness (QED) is 0.593. The van der Waals surface area contributed by atoms with Gasteiger partial charge in [0.05, 0.1) is 13.3 Å². The first-order valence-electron chi connectivity index (χ1n) is 5.93. The minimum atomic E-state index is -0.468. The van der Waals surface area contributed by atoms with E-state index in [2.05, 4.69) is 20.7 Å². The van der Waals surface area contributed by atoms with Gasteiger partial charge in [0.15, 0.2) is 17.2 Å². The van der Waals surface area contributed by atoms with Crippen molar-refractivity contribution < 1.29 is 14.6 Å². The SMILES string of the molecule is COc1cc(Cl)cc(/C=N/NC(=O)c2cc(C)[nH]n2)c1O. The summed E-state index contributed by atoms with van der Waals surface area (Å²) in [4.78, 5) is 11.7. The number of methoxy groups -OCH3 is 1. The summed E-state index contributed by atoms with van der Waals surface area (Å²) in [7, 11) is 1.41. The molecule has 0 spiro atoms. The zero-order chi connectivity index (χ0) is 15.4. The molecule has 0 aliphatic rings. The maximum atomic E-state index is 11.7. The number of H-pyrrole nitrogens is 1. The number of aromatic hydroxyl groups is 1. The number of phenolic OH excluding ortho intramolecular Hbond substituents is 1. The third-order valence-electron chi connectivity index (χ3n) is 2.60. The van der Waals surface area contributed by atoms with E-state index >= 15 is 0 Å². The van der Waals surface area contributed by atoms with Crippen LogP contribution in [0.5, 0.6) is 11.5 Å². The van der Waals surface area contributed by atoms with Crippen LogP contribution >= 0.6 is 11.6 Å². The number of phenols is 1. The number of aromatic amines is 1. The summed E-state index contributed by atoms with van der Waals surface area (Å²) < 4.78 is 4.97. The summed E-state index contributed by atoms with van der Waals surface area (Å²) in [5, 5.41) is 20.5. The van der Waals surface area contributed by atoms with Gasteiger partial charge in [0.2, 0.25) is 0 Å². The number of ether oxygens (including phenoxy) is 1. The highest BCUT2D eigenvalue weighted by Crippen LogP contribution is 2.32. The highest BCUT2D eigenvalue weighted by molar-refractivity contribution is 6.31. The molecule has 7 nitrogen and oxygen atoms in total. The van der Waals surface area contributed by atoms with Gasteiger partial charge in [-0.1, -0.05) is 11.6 Å². The van der Waals surface area contributed by atoms with E-state index in [1.54, 1.807) is 13.0 Å². The van der Waals surface area contributed by atoms with Gasteiger partial charge in [0.1, 0.15) is 0 Å². The number of aromatic nitrogens is 2. The average molecular weight is 309 g/mol. The van der Waals surface area contributed by atoms with Gasteiger partial charge in [-0.05, 0) is 19.1 Å². The summed E-state index contributed by atoms with van der Waals surface area (Å²) in [5.41, 5.74) is 3.60. The Kier molecular flexibility index (Phi) is 4.44. The maximum absolute atomic E-state index is 11.7. The van der Waals surface area contributed by atoms with E-state index < -0.39 is 5.91 Å². The lowest BCUT2D eigenvalue weighted by Gasteiger charge is -2.06. The second-order valence-corrected chi connectivity index (χ2v) is 4.62. The molecule has 1 aromatic heterocycles. The number of hydrogen-bond acceptors (Lipinski definition) is 5. The molecule has 0 saturated carbocycles. The van der Waals surface area contributed by atoms with E-state index in [-0.39, 0.29) is 17.2 Å². The number of nitrogens with zero attached hydrogens (tertiary/aromatic N) is 2. The van der Waals surface area contributed by atoms with E-state index in [0.717, 1.165) is 5.69 Å². The number of carbonyl (C=O) groups excluding carboxylic acids is 1. The van der Waals surface area contributed by atoms with Crippen molar-refractivity contribution >= 4 is 23.7 Å². The lowest BCUT2D eigenvalue weighted by Crippen LogP contribution is -2.18. The average Bonchev–Trinajstić information content (AvgIpc) is 2.88. The van der Waals surface area contributed by atoms with Crippen LogP contribution in [0, 0.1) is 6.92 Å². The lowest BCUT2D eigenvalue weighted by atomic mass is 10.2. The largest absolute Gasteiger partial charge is 0.504 e. The highest BCUT2D eigenvalue weighted by atomic mass is 35.5. The molecule has 0 atom stereocenters. The van der Waals surface area contributed by atoms with Crippen molar-refractivity contribution in [3.05, 3.63) is 40.2 Å². The molecule has 1 aromatic carbocycles. The number of benzene rings is 1. The van der Waals surface area contributed by atoms with Crippen LogP contribution in [0.25, 0.3) is 0 Å². The molecule has 21 heavy (non-hydrogen) atoms. The number of hydrazone groups is 1. The predicted octanol–water partition coefficient (Wildman–Crippen LogP) is 1.85. The Morgan fingerprint density at radius 2 is 2.29 bits per heavy atom. The topological polar surface area (TPSA) is 99.6 Å². The van der Waals surface area contributed by atoms with E-state index in [4.69, 9.17) is 16.3 Å². The van der Waals surface area contributed by atoms with Gasteiger partial charge in [0, 0.05) is 22.3 Å². The number of halogens is 1. The van der Waals surface area contributed by atoms with Crippen molar-refractivity contribution in [2.45, 2.75) is 6.92 Å². The predicted molar refractivity (Wildman–Crippen MR) is 78.1 cm³/mol. The molecule has 2 rings (SSSR count). The smallest absolute Gasteiger partial charge is 0.291 e. The molecular weight excluding hydrogens is 296 g/mol. The summed E-state index contributed by atoms with van der Waals surface area (Å²) in [6, 6.07) is 4.55. The molecule has 0 aliphatic carbocycles. The fourth-order valence-electron chi connectivity index (χ4n) is 1.60. The van der Waals surface area contributed by atoms with Gasteiger partial charge in [0.25, 0.3) is 5.91 Å². The molecule has 0 radical (unpaired) electrons.